The smallest absolute Gasteiger partial charge is 0.348 e. The normalized spacial score (nSPS) is 10.4. The molecular formula is C21H22N2O7S. The maximum absolute atomic E-state index is 12.2. The van der Waals surface area contributed by atoms with Crippen molar-refractivity contribution in [3.8, 4) is 23.3 Å². The van der Waals surface area contributed by atoms with Gasteiger partial charge in [-0.2, -0.15) is 5.26 Å². The van der Waals surface area contributed by atoms with E-state index in [-0.39, 0.29) is 34.2 Å². The van der Waals surface area contributed by atoms with Crippen LogP contribution in [0.25, 0.3) is 6.08 Å². The molecule has 1 aromatic carbocycles. The Balaban J connectivity index is 2.21. The molecule has 0 saturated heterocycles. The number of hydrogen-bond acceptors (Lipinski definition) is 10. The Morgan fingerprint density at radius 3 is 2.32 bits per heavy atom. The van der Waals surface area contributed by atoms with Crippen LogP contribution < -0.4 is 19.9 Å². The van der Waals surface area contributed by atoms with Crippen molar-refractivity contribution in [2.75, 3.05) is 33.7 Å². The predicted octanol–water partition coefficient (Wildman–Crippen LogP) is 3.16. The second-order valence-electron chi connectivity index (χ2n) is 5.87. The van der Waals surface area contributed by atoms with E-state index >= 15 is 0 Å². The van der Waals surface area contributed by atoms with Crippen LogP contribution in [0, 0.1) is 11.3 Å². The van der Waals surface area contributed by atoms with E-state index in [0.29, 0.717) is 22.8 Å². The molecule has 0 aliphatic heterocycles. The first kappa shape index (κ1) is 23.6. The lowest BCUT2D eigenvalue weighted by atomic mass is 10.1. The van der Waals surface area contributed by atoms with Crippen LogP contribution in [0.1, 0.15) is 33.3 Å². The molecule has 0 unspecified atom stereocenters. The molecule has 0 saturated carbocycles. The van der Waals surface area contributed by atoms with Crippen LogP contribution in [0.2, 0.25) is 0 Å². The molecule has 0 atom stereocenters. The van der Waals surface area contributed by atoms with Crippen LogP contribution in [-0.2, 0) is 20.9 Å². The molecule has 2 N–H and O–H groups in total. The first-order chi connectivity index (χ1) is 14.9. The third kappa shape index (κ3) is 5.46. The quantitative estimate of drug-likeness (QED) is 0.456. The van der Waals surface area contributed by atoms with Gasteiger partial charge < -0.3 is 29.4 Å². The monoisotopic (exact) mass is 446 g/mol. The summed E-state index contributed by atoms with van der Waals surface area (Å²) in [5, 5.41) is 9.48. The summed E-state index contributed by atoms with van der Waals surface area (Å²) in [6.45, 7) is 1.51. The highest BCUT2D eigenvalue weighted by atomic mass is 32.1. The molecule has 0 spiro atoms. The van der Waals surface area contributed by atoms with Gasteiger partial charge in [-0.1, -0.05) is 0 Å². The van der Waals surface area contributed by atoms with Crippen molar-refractivity contribution in [2.45, 2.75) is 13.5 Å². The minimum Gasteiger partial charge on any atom is -0.496 e. The molecule has 164 valence electrons. The van der Waals surface area contributed by atoms with Gasteiger partial charge in [-0.3, -0.25) is 0 Å². The van der Waals surface area contributed by atoms with E-state index in [1.165, 1.54) is 33.5 Å². The molecule has 1 heterocycles. The zero-order chi connectivity index (χ0) is 23.0. The Hall–Kier alpha value is -3.71. The molecule has 9 nitrogen and oxygen atoms in total. The van der Waals surface area contributed by atoms with Crippen LogP contribution >= 0.6 is 11.3 Å². The molecule has 1 aromatic heterocycles. The van der Waals surface area contributed by atoms with Crippen molar-refractivity contribution < 1.29 is 33.3 Å². The zero-order valence-corrected chi connectivity index (χ0v) is 18.3. The molecule has 0 radical (unpaired) electrons. The molecule has 0 amide bonds. The molecule has 31 heavy (non-hydrogen) atoms. The van der Waals surface area contributed by atoms with Gasteiger partial charge in [-0.25, -0.2) is 9.59 Å². The topological polar surface area (TPSA) is 130 Å². The first-order valence-corrected chi connectivity index (χ1v) is 9.84. The predicted molar refractivity (Wildman–Crippen MR) is 114 cm³/mol. The van der Waals surface area contributed by atoms with Crippen LogP contribution in [0.15, 0.2) is 18.2 Å². The third-order valence-electron chi connectivity index (χ3n) is 4.10. The highest BCUT2D eigenvalue weighted by Gasteiger charge is 2.23. The number of anilines is 1. The largest absolute Gasteiger partial charge is 0.496 e. The fourth-order valence-corrected chi connectivity index (χ4v) is 3.56. The summed E-state index contributed by atoms with van der Waals surface area (Å²) in [6, 6.07) is 5.20. The Labute approximate surface area is 183 Å². The fraction of sp³-hybridized carbons (Fsp3) is 0.286. The number of rotatable bonds is 9. The van der Waals surface area contributed by atoms with Gasteiger partial charge in [0.2, 0.25) is 0 Å². The minimum absolute atomic E-state index is 0.0893. The molecule has 0 aliphatic carbocycles. The number of esters is 2. The Morgan fingerprint density at radius 2 is 1.74 bits per heavy atom. The molecule has 2 aromatic rings. The molecule has 0 bridgehead atoms. The molecular weight excluding hydrogens is 424 g/mol. The van der Waals surface area contributed by atoms with Crippen molar-refractivity contribution in [2.24, 2.45) is 0 Å². The van der Waals surface area contributed by atoms with E-state index in [0.717, 1.165) is 11.3 Å². The molecule has 0 fully saturated rings. The van der Waals surface area contributed by atoms with Gasteiger partial charge in [-0.05, 0) is 19.1 Å². The van der Waals surface area contributed by atoms with Gasteiger partial charge in [0.1, 0.15) is 28.3 Å². The van der Waals surface area contributed by atoms with Crippen molar-refractivity contribution >= 4 is 34.4 Å². The molecule has 2 rings (SSSR count). The van der Waals surface area contributed by atoms with Gasteiger partial charge >= 0.3 is 11.9 Å². The molecule has 10 heteroatoms. The average Bonchev–Trinajstić information content (AvgIpc) is 3.10. The maximum atomic E-state index is 12.2. The van der Waals surface area contributed by atoms with E-state index in [9.17, 15) is 14.9 Å². The summed E-state index contributed by atoms with van der Waals surface area (Å²) >= 11 is 0.917. The lowest BCUT2D eigenvalue weighted by Gasteiger charge is -2.12. The first-order valence-electron chi connectivity index (χ1n) is 9.03. The molecule has 0 aliphatic rings. The number of ether oxygens (including phenoxy) is 5. The van der Waals surface area contributed by atoms with E-state index in [4.69, 9.17) is 29.4 Å². The SMILES string of the molecule is CCOC(=O)c1sc(N)c(C#N)c1COC(=O)/C=C/c1cc(OC)c(OC)cc1OC. The van der Waals surface area contributed by atoms with Crippen molar-refractivity contribution in [3.05, 3.63) is 39.8 Å². The van der Waals surface area contributed by atoms with E-state index in [1.54, 1.807) is 19.1 Å². The number of thiophene rings is 1. The standard InChI is InChI=1S/C21H22N2O7S/c1-5-29-21(25)19-14(13(10-22)20(23)31-19)11-30-18(24)7-6-12-8-16(27-3)17(28-4)9-15(12)26-2/h6-9H,5,11,23H2,1-4H3/b7-6+. The van der Waals surface area contributed by atoms with Gasteiger partial charge in [0.25, 0.3) is 0 Å². The number of nitrogens with two attached hydrogens (primary N) is 1. The highest BCUT2D eigenvalue weighted by molar-refractivity contribution is 7.18. The summed E-state index contributed by atoms with van der Waals surface area (Å²) in [6.07, 6.45) is 2.68. The average molecular weight is 446 g/mol. The number of carbonyl (C=O) groups excluding carboxylic acids is 2. The van der Waals surface area contributed by atoms with Crippen LogP contribution in [0.5, 0.6) is 17.2 Å². The number of carbonyl (C=O) groups is 2. The number of hydrogen-bond donors (Lipinski definition) is 1. The maximum Gasteiger partial charge on any atom is 0.348 e. The number of nitriles is 1. The zero-order valence-electron chi connectivity index (χ0n) is 17.5. The Bertz CT molecular complexity index is 1040. The van der Waals surface area contributed by atoms with Crippen molar-refractivity contribution in [1.29, 1.82) is 5.26 Å². The van der Waals surface area contributed by atoms with Crippen LogP contribution in [0.4, 0.5) is 5.00 Å². The highest BCUT2D eigenvalue weighted by Crippen LogP contribution is 2.35. The van der Waals surface area contributed by atoms with Gasteiger partial charge in [0, 0.05) is 23.3 Å². The van der Waals surface area contributed by atoms with E-state index in [1.807, 2.05) is 6.07 Å². The number of nitrogen functional groups attached to an aromatic ring is 1. The van der Waals surface area contributed by atoms with Gasteiger partial charge in [0.15, 0.2) is 11.5 Å². The second kappa shape index (κ2) is 10.9. The number of nitrogens with zero attached hydrogens (tertiary/aromatic N) is 1. The summed E-state index contributed by atoms with van der Waals surface area (Å²) in [7, 11) is 4.48. The van der Waals surface area contributed by atoms with Crippen molar-refractivity contribution in [3.63, 3.8) is 0 Å². The summed E-state index contributed by atoms with van der Waals surface area (Å²) in [4.78, 5) is 24.5. The summed E-state index contributed by atoms with van der Waals surface area (Å²) in [5.41, 5.74) is 6.67. The Morgan fingerprint density at radius 1 is 1.10 bits per heavy atom. The number of methoxy groups -OCH3 is 3. The van der Waals surface area contributed by atoms with Crippen molar-refractivity contribution in [1.82, 2.24) is 0 Å². The second-order valence-corrected chi connectivity index (χ2v) is 6.92. The van der Waals surface area contributed by atoms with E-state index in [2.05, 4.69) is 0 Å². The van der Waals surface area contributed by atoms with Gasteiger partial charge in [0.05, 0.1) is 33.5 Å². The van der Waals surface area contributed by atoms with Crippen LogP contribution in [-0.4, -0.2) is 39.9 Å². The summed E-state index contributed by atoms with van der Waals surface area (Å²) in [5.74, 6) is 0.0776. The third-order valence-corrected chi connectivity index (χ3v) is 5.14. The van der Waals surface area contributed by atoms with Crippen LogP contribution in [0.3, 0.4) is 0 Å². The fourth-order valence-electron chi connectivity index (χ4n) is 2.64. The minimum atomic E-state index is -0.694. The summed E-state index contributed by atoms with van der Waals surface area (Å²) < 4.78 is 26.0. The van der Waals surface area contributed by atoms with E-state index < -0.39 is 11.9 Å². The lowest BCUT2D eigenvalue weighted by Crippen LogP contribution is -2.08. The number of benzene rings is 1. The van der Waals surface area contributed by atoms with Gasteiger partial charge in [-0.15, -0.1) is 11.3 Å². The Kier molecular flexibility index (Phi) is 8.28. The lowest BCUT2D eigenvalue weighted by molar-refractivity contribution is -0.138.